The lowest BCUT2D eigenvalue weighted by atomic mass is 9.86. The minimum atomic E-state index is 0.406. The second-order valence-electron chi connectivity index (χ2n) is 7.40. The Morgan fingerprint density at radius 1 is 1.25 bits per heavy atom. The molecule has 0 radical (unpaired) electrons. The molecule has 0 bridgehead atoms. The fourth-order valence-electron chi connectivity index (χ4n) is 3.18. The molecule has 1 saturated heterocycles. The summed E-state index contributed by atoms with van der Waals surface area (Å²) in [5.74, 6) is 0.740. The Morgan fingerprint density at radius 3 is 2.45 bits per heavy atom. The Bertz CT molecular complexity index is 267. The summed E-state index contributed by atoms with van der Waals surface area (Å²) in [6.07, 6.45) is 1.25. The molecule has 0 aromatic rings. The van der Waals surface area contributed by atoms with Gasteiger partial charge in [0.1, 0.15) is 0 Å². The van der Waals surface area contributed by atoms with Gasteiger partial charge in [-0.1, -0.05) is 34.6 Å². The van der Waals surface area contributed by atoms with E-state index in [-0.39, 0.29) is 0 Å². The van der Waals surface area contributed by atoms with E-state index in [1.165, 1.54) is 39.1 Å². The van der Waals surface area contributed by atoms with Gasteiger partial charge in [-0.15, -0.1) is 0 Å². The highest BCUT2D eigenvalue weighted by Crippen LogP contribution is 2.23. The zero-order chi connectivity index (χ0) is 15.2. The van der Waals surface area contributed by atoms with E-state index in [0.29, 0.717) is 11.5 Å². The van der Waals surface area contributed by atoms with E-state index in [0.717, 1.165) is 19.0 Å². The molecular formula is C17H37N3. The Hall–Kier alpha value is -0.120. The summed E-state index contributed by atoms with van der Waals surface area (Å²) < 4.78 is 0. The van der Waals surface area contributed by atoms with E-state index >= 15 is 0 Å². The molecule has 3 nitrogen and oxygen atoms in total. The summed E-state index contributed by atoms with van der Waals surface area (Å²) in [5, 5.41) is 3.66. The zero-order valence-electron chi connectivity index (χ0n) is 14.7. The van der Waals surface area contributed by atoms with Crippen molar-refractivity contribution in [1.29, 1.82) is 0 Å². The fraction of sp³-hybridized carbons (Fsp3) is 1.00. The van der Waals surface area contributed by atoms with Crippen LogP contribution in [-0.4, -0.2) is 61.7 Å². The number of hydrogen-bond acceptors (Lipinski definition) is 3. The van der Waals surface area contributed by atoms with Crippen LogP contribution < -0.4 is 5.32 Å². The summed E-state index contributed by atoms with van der Waals surface area (Å²) >= 11 is 0. The van der Waals surface area contributed by atoms with Gasteiger partial charge in [0, 0.05) is 38.8 Å². The number of nitrogens with zero attached hydrogens (tertiary/aromatic N) is 2. The molecule has 3 heteroatoms. The van der Waals surface area contributed by atoms with Crippen LogP contribution in [0.2, 0.25) is 0 Å². The first-order valence-corrected chi connectivity index (χ1v) is 8.57. The maximum atomic E-state index is 3.66. The fourth-order valence-corrected chi connectivity index (χ4v) is 3.18. The van der Waals surface area contributed by atoms with Gasteiger partial charge >= 0.3 is 0 Å². The van der Waals surface area contributed by atoms with Crippen LogP contribution in [-0.2, 0) is 0 Å². The Labute approximate surface area is 127 Å². The molecule has 1 rings (SSSR count). The molecule has 1 N–H and O–H groups in total. The molecule has 0 aromatic heterocycles. The first kappa shape index (κ1) is 17.9. The molecule has 1 heterocycles. The number of piperazine rings is 1. The quantitative estimate of drug-likeness (QED) is 0.739. The number of likely N-dealkylation sites (N-methyl/N-ethyl adjacent to an activating group) is 1. The van der Waals surface area contributed by atoms with Crippen molar-refractivity contribution in [2.75, 3.05) is 45.8 Å². The van der Waals surface area contributed by atoms with Crippen molar-refractivity contribution < 1.29 is 0 Å². The third-order valence-electron chi connectivity index (χ3n) is 4.82. The molecule has 1 aliphatic rings. The highest BCUT2D eigenvalue weighted by atomic mass is 15.3. The average molecular weight is 284 g/mol. The highest BCUT2D eigenvalue weighted by molar-refractivity contribution is 4.85. The Balaban J connectivity index is 2.43. The van der Waals surface area contributed by atoms with Crippen LogP contribution in [0.25, 0.3) is 0 Å². The van der Waals surface area contributed by atoms with Gasteiger partial charge in [0.15, 0.2) is 0 Å². The van der Waals surface area contributed by atoms with Crippen LogP contribution >= 0.6 is 0 Å². The molecule has 0 aliphatic carbocycles. The van der Waals surface area contributed by atoms with Crippen molar-refractivity contribution in [2.45, 2.75) is 54.0 Å². The molecule has 20 heavy (non-hydrogen) atoms. The van der Waals surface area contributed by atoms with Gasteiger partial charge in [0.25, 0.3) is 0 Å². The smallest absolute Gasteiger partial charge is 0.0195 e. The van der Waals surface area contributed by atoms with Crippen LogP contribution in [0.3, 0.4) is 0 Å². The van der Waals surface area contributed by atoms with Crippen LogP contribution in [0.15, 0.2) is 0 Å². The second kappa shape index (κ2) is 8.35. The maximum Gasteiger partial charge on any atom is 0.0195 e. The SMILES string of the molecule is CCN1CCN(CC(C)(CC)CNCC(C)C)CC1C. The topological polar surface area (TPSA) is 18.5 Å². The minimum Gasteiger partial charge on any atom is -0.316 e. The van der Waals surface area contributed by atoms with Gasteiger partial charge in [-0.05, 0) is 37.8 Å². The van der Waals surface area contributed by atoms with Crippen molar-refractivity contribution in [2.24, 2.45) is 11.3 Å². The van der Waals surface area contributed by atoms with Crippen molar-refractivity contribution in [3.8, 4) is 0 Å². The maximum absolute atomic E-state index is 3.66. The number of nitrogens with one attached hydrogen (secondary N) is 1. The Kier molecular flexibility index (Phi) is 7.49. The molecule has 0 spiro atoms. The lowest BCUT2D eigenvalue weighted by molar-refractivity contribution is 0.0563. The van der Waals surface area contributed by atoms with Crippen molar-refractivity contribution in [1.82, 2.24) is 15.1 Å². The lowest BCUT2D eigenvalue weighted by Gasteiger charge is -2.43. The summed E-state index contributed by atoms with van der Waals surface area (Å²) in [4.78, 5) is 5.27. The van der Waals surface area contributed by atoms with Crippen molar-refractivity contribution in [3.05, 3.63) is 0 Å². The standard InChI is InChI=1S/C17H37N3/c1-7-17(6,13-18-11-15(3)4)14-19-9-10-20(8-2)16(5)12-19/h15-16,18H,7-14H2,1-6H3. The van der Waals surface area contributed by atoms with E-state index in [1.807, 2.05) is 0 Å². The first-order valence-electron chi connectivity index (χ1n) is 8.57. The molecule has 0 amide bonds. The summed E-state index contributed by atoms with van der Waals surface area (Å²) in [6, 6.07) is 0.707. The molecular weight excluding hydrogens is 246 g/mol. The average Bonchev–Trinajstić information content (AvgIpc) is 2.38. The Morgan fingerprint density at radius 2 is 1.95 bits per heavy atom. The minimum absolute atomic E-state index is 0.406. The predicted molar refractivity (Wildman–Crippen MR) is 89.3 cm³/mol. The van der Waals surface area contributed by atoms with E-state index < -0.39 is 0 Å². The van der Waals surface area contributed by atoms with Crippen molar-refractivity contribution >= 4 is 0 Å². The molecule has 1 aliphatic heterocycles. The van der Waals surface area contributed by atoms with Gasteiger partial charge in [0.2, 0.25) is 0 Å². The third kappa shape index (κ3) is 5.71. The summed E-state index contributed by atoms with van der Waals surface area (Å²) in [5.41, 5.74) is 0.406. The number of hydrogen-bond donors (Lipinski definition) is 1. The predicted octanol–water partition coefficient (Wildman–Crippen LogP) is 2.67. The van der Waals surface area contributed by atoms with Gasteiger partial charge in [-0.25, -0.2) is 0 Å². The van der Waals surface area contributed by atoms with E-state index in [2.05, 4.69) is 56.7 Å². The van der Waals surface area contributed by atoms with Crippen molar-refractivity contribution in [3.63, 3.8) is 0 Å². The molecule has 120 valence electrons. The summed E-state index contributed by atoms with van der Waals surface area (Å²) in [6.45, 7) is 22.4. The molecule has 0 saturated carbocycles. The van der Waals surface area contributed by atoms with Gasteiger partial charge in [0.05, 0.1) is 0 Å². The van der Waals surface area contributed by atoms with Crippen LogP contribution in [0.4, 0.5) is 0 Å². The molecule has 0 aromatic carbocycles. The van der Waals surface area contributed by atoms with E-state index in [9.17, 15) is 0 Å². The second-order valence-corrected chi connectivity index (χ2v) is 7.40. The molecule has 1 fully saturated rings. The molecule has 2 unspecified atom stereocenters. The normalized spacial score (nSPS) is 25.1. The van der Waals surface area contributed by atoms with Crippen LogP contribution in [0.1, 0.15) is 48.0 Å². The third-order valence-corrected chi connectivity index (χ3v) is 4.82. The largest absolute Gasteiger partial charge is 0.316 e. The van der Waals surface area contributed by atoms with Gasteiger partial charge < -0.3 is 5.32 Å². The highest BCUT2D eigenvalue weighted by Gasteiger charge is 2.29. The first-order chi connectivity index (χ1) is 9.40. The molecule has 2 atom stereocenters. The van der Waals surface area contributed by atoms with Gasteiger partial charge in [-0.3, -0.25) is 9.80 Å². The van der Waals surface area contributed by atoms with Crippen LogP contribution in [0.5, 0.6) is 0 Å². The van der Waals surface area contributed by atoms with E-state index in [1.54, 1.807) is 0 Å². The van der Waals surface area contributed by atoms with Gasteiger partial charge in [-0.2, -0.15) is 0 Å². The number of rotatable bonds is 8. The zero-order valence-corrected chi connectivity index (χ0v) is 14.7. The summed E-state index contributed by atoms with van der Waals surface area (Å²) in [7, 11) is 0. The monoisotopic (exact) mass is 283 g/mol. The van der Waals surface area contributed by atoms with E-state index in [4.69, 9.17) is 0 Å². The van der Waals surface area contributed by atoms with Crippen LogP contribution in [0, 0.1) is 11.3 Å². The lowest BCUT2D eigenvalue weighted by Crippen LogP contribution is -2.54.